The average Bonchev–Trinajstić information content (AvgIpc) is 2.47. The Balaban J connectivity index is 2.76. The number of rotatable bonds is 1. The molecule has 0 atom stereocenters. The molecule has 0 aliphatic heterocycles. The molecule has 2 rings (SSSR count). The van der Waals surface area contributed by atoms with Gasteiger partial charge in [0.2, 0.25) is 0 Å². The Morgan fingerprint density at radius 1 is 1.55 bits per heavy atom. The van der Waals surface area contributed by atoms with Gasteiger partial charge in [0.05, 0.1) is 4.88 Å². The molecule has 0 N–H and O–H groups in total. The van der Waals surface area contributed by atoms with E-state index in [-0.39, 0.29) is 0 Å². The smallest absolute Gasteiger partial charge is 0.195 e. The molecular weight excluding hydrogens is 160 g/mol. The summed E-state index contributed by atoms with van der Waals surface area (Å²) in [6, 6.07) is 0. The predicted octanol–water partition coefficient (Wildman–Crippen LogP) is 1.04. The Kier molecular flexibility index (Phi) is 1.50. The molecule has 0 bridgehead atoms. The average molecular weight is 166 g/mol. The maximum Gasteiger partial charge on any atom is 0.195 e. The largest absolute Gasteiger partial charge is 0.212 e. The zero-order valence-corrected chi connectivity index (χ0v) is 6.80. The molecule has 0 spiro atoms. The normalized spacial score (nSPS) is 10.6. The summed E-state index contributed by atoms with van der Waals surface area (Å²) in [5, 5.41) is 7.65. The topological polar surface area (TPSA) is 51.6 Å². The summed E-state index contributed by atoms with van der Waals surface area (Å²) in [6.45, 7) is 2.07. The summed E-state index contributed by atoms with van der Waals surface area (Å²) in [5.41, 5.74) is 1.56. The van der Waals surface area contributed by atoms with Crippen LogP contribution < -0.4 is 0 Å². The van der Waals surface area contributed by atoms with Crippen molar-refractivity contribution in [1.82, 2.24) is 19.6 Å². The summed E-state index contributed by atoms with van der Waals surface area (Å²) >= 11 is 1.45. The third-order valence-corrected chi connectivity index (χ3v) is 2.40. The van der Waals surface area contributed by atoms with E-state index in [1.165, 1.54) is 17.9 Å². The molecule has 0 aliphatic rings. The van der Waals surface area contributed by atoms with Gasteiger partial charge in [0, 0.05) is 0 Å². The standard InChI is InChI=1S/C6H6N4S/c1-2-4-5-6(10-11-4)7-3-8-9-5/h3H,2H2,1H3. The van der Waals surface area contributed by atoms with E-state index < -0.39 is 0 Å². The Morgan fingerprint density at radius 3 is 3.27 bits per heavy atom. The highest BCUT2D eigenvalue weighted by Crippen LogP contribution is 2.16. The van der Waals surface area contributed by atoms with Gasteiger partial charge < -0.3 is 0 Å². The maximum absolute atomic E-state index is 4.12. The first-order valence-electron chi connectivity index (χ1n) is 3.33. The van der Waals surface area contributed by atoms with E-state index in [4.69, 9.17) is 0 Å². The molecule has 56 valence electrons. The van der Waals surface area contributed by atoms with Gasteiger partial charge in [-0.15, -0.1) is 10.2 Å². The maximum atomic E-state index is 4.12. The fraction of sp³-hybridized carbons (Fsp3) is 0.333. The van der Waals surface area contributed by atoms with Crippen LogP contribution in [0.15, 0.2) is 6.33 Å². The number of fused-ring (bicyclic) bond motifs is 1. The van der Waals surface area contributed by atoms with Crippen molar-refractivity contribution in [2.24, 2.45) is 0 Å². The SMILES string of the molecule is CCc1snc2ncnnc12. The van der Waals surface area contributed by atoms with Crippen molar-refractivity contribution in [2.45, 2.75) is 13.3 Å². The first-order valence-corrected chi connectivity index (χ1v) is 4.11. The quantitative estimate of drug-likeness (QED) is 0.635. The van der Waals surface area contributed by atoms with Crippen LogP contribution in [0.25, 0.3) is 11.2 Å². The highest BCUT2D eigenvalue weighted by Gasteiger charge is 2.05. The van der Waals surface area contributed by atoms with Crippen molar-refractivity contribution < 1.29 is 0 Å². The van der Waals surface area contributed by atoms with E-state index in [0.717, 1.165) is 16.8 Å². The van der Waals surface area contributed by atoms with E-state index in [1.807, 2.05) is 0 Å². The second kappa shape index (κ2) is 2.50. The van der Waals surface area contributed by atoms with E-state index in [2.05, 4.69) is 26.5 Å². The van der Waals surface area contributed by atoms with Crippen molar-refractivity contribution in [3.05, 3.63) is 11.2 Å². The Bertz CT molecular complexity index is 369. The molecule has 4 nitrogen and oxygen atoms in total. The molecule has 0 fully saturated rings. The van der Waals surface area contributed by atoms with E-state index >= 15 is 0 Å². The van der Waals surface area contributed by atoms with Gasteiger partial charge in [-0.3, -0.25) is 0 Å². The number of nitrogens with zero attached hydrogens (tertiary/aromatic N) is 4. The number of aryl methyl sites for hydroxylation is 1. The third kappa shape index (κ3) is 0.970. The molecule has 0 saturated heterocycles. The van der Waals surface area contributed by atoms with E-state index in [1.54, 1.807) is 0 Å². The molecule has 11 heavy (non-hydrogen) atoms. The zero-order chi connectivity index (χ0) is 7.68. The van der Waals surface area contributed by atoms with Gasteiger partial charge in [-0.25, -0.2) is 4.98 Å². The van der Waals surface area contributed by atoms with Crippen molar-refractivity contribution in [3.8, 4) is 0 Å². The molecule has 2 aromatic rings. The minimum absolute atomic E-state index is 0.710. The van der Waals surface area contributed by atoms with Gasteiger partial charge >= 0.3 is 0 Å². The van der Waals surface area contributed by atoms with Crippen LogP contribution in [0.3, 0.4) is 0 Å². The van der Waals surface area contributed by atoms with Crippen LogP contribution in [0.2, 0.25) is 0 Å². The Hall–Kier alpha value is -1.10. The molecular formula is C6H6N4S. The van der Waals surface area contributed by atoms with Gasteiger partial charge in [0.15, 0.2) is 5.65 Å². The summed E-state index contributed by atoms with van der Waals surface area (Å²) in [5.74, 6) is 0. The van der Waals surface area contributed by atoms with Crippen LogP contribution in [0.5, 0.6) is 0 Å². The summed E-state index contributed by atoms with van der Waals surface area (Å²) < 4.78 is 4.12. The number of hydrogen-bond donors (Lipinski definition) is 0. The van der Waals surface area contributed by atoms with Gasteiger partial charge in [0.1, 0.15) is 11.8 Å². The lowest BCUT2D eigenvalue weighted by Crippen LogP contribution is -1.85. The summed E-state index contributed by atoms with van der Waals surface area (Å²) in [6.07, 6.45) is 2.36. The summed E-state index contributed by atoms with van der Waals surface area (Å²) in [4.78, 5) is 5.13. The van der Waals surface area contributed by atoms with Crippen LogP contribution >= 0.6 is 11.5 Å². The molecule has 0 amide bonds. The second-order valence-electron chi connectivity index (χ2n) is 2.09. The first-order chi connectivity index (χ1) is 5.42. The van der Waals surface area contributed by atoms with E-state index in [9.17, 15) is 0 Å². The zero-order valence-electron chi connectivity index (χ0n) is 5.98. The third-order valence-electron chi connectivity index (χ3n) is 1.43. The van der Waals surface area contributed by atoms with Crippen molar-refractivity contribution in [3.63, 3.8) is 0 Å². The fourth-order valence-corrected chi connectivity index (χ4v) is 1.57. The fourth-order valence-electron chi connectivity index (χ4n) is 0.891. The van der Waals surface area contributed by atoms with Gasteiger partial charge in [0.25, 0.3) is 0 Å². The second-order valence-corrected chi connectivity index (χ2v) is 2.95. The van der Waals surface area contributed by atoms with Crippen molar-refractivity contribution in [1.29, 1.82) is 0 Å². The molecule has 2 heterocycles. The molecule has 0 saturated carbocycles. The lowest BCUT2D eigenvalue weighted by Gasteiger charge is -1.85. The lowest BCUT2D eigenvalue weighted by atomic mass is 10.3. The molecule has 0 unspecified atom stereocenters. The van der Waals surface area contributed by atoms with Crippen LogP contribution in [-0.4, -0.2) is 19.6 Å². The Labute approximate surface area is 67.5 Å². The van der Waals surface area contributed by atoms with Gasteiger partial charge in [-0.1, -0.05) is 6.92 Å². The first kappa shape index (κ1) is 6.60. The molecule has 0 aromatic carbocycles. The minimum atomic E-state index is 0.710. The lowest BCUT2D eigenvalue weighted by molar-refractivity contribution is 1.01. The van der Waals surface area contributed by atoms with Crippen LogP contribution in [0, 0.1) is 0 Å². The minimum Gasteiger partial charge on any atom is -0.212 e. The van der Waals surface area contributed by atoms with Crippen molar-refractivity contribution >= 4 is 22.7 Å². The highest BCUT2D eigenvalue weighted by atomic mass is 32.1. The van der Waals surface area contributed by atoms with Crippen LogP contribution in [0.1, 0.15) is 11.8 Å². The van der Waals surface area contributed by atoms with Crippen LogP contribution in [-0.2, 0) is 6.42 Å². The Morgan fingerprint density at radius 2 is 2.45 bits per heavy atom. The highest BCUT2D eigenvalue weighted by molar-refractivity contribution is 7.07. The van der Waals surface area contributed by atoms with Crippen LogP contribution in [0.4, 0.5) is 0 Å². The van der Waals surface area contributed by atoms with Gasteiger partial charge in [-0.05, 0) is 18.0 Å². The number of aromatic nitrogens is 4. The molecule has 0 radical (unpaired) electrons. The molecule has 2 aromatic heterocycles. The van der Waals surface area contributed by atoms with Gasteiger partial charge in [-0.2, -0.15) is 4.37 Å². The predicted molar refractivity (Wildman–Crippen MR) is 42.4 cm³/mol. The monoisotopic (exact) mass is 166 g/mol. The van der Waals surface area contributed by atoms with Crippen molar-refractivity contribution in [2.75, 3.05) is 0 Å². The molecule has 0 aliphatic carbocycles. The van der Waals surface area contributed by atoms with E-state index in [0.29, 0.717) is 5.65 Å². The molecule has 5 heteroatoms. The summed E-state index contributed by atoms with van der Waals surface area (Å²) in [7, 11) is 0. The number of hydrogen-bond acceptors (Lipinski definition) is 5.